The Bertz CT molecular complexity index is 617. The molecular formula is C13H14FN3O3. The molecule has 1 saturated heterocycles. The van der Waals surface area contributed by atoms with Crippen LogP contribution in [0.1, 0.15) is 18.4 Å². The lowest BCUT2D eigenvalue weighted by molar-refractivity contribution is 0.116. The van der Waals surface area contributed by atoms with Gasteiger partial charge in [-0.1, -0.05) is 5.16 Å². The van der Waals surface area contributed by atoms with Gasteiger partial charge in [-0.2, -0.15) is 4.98 Å². The topological polar surface area (TPSA) is 80.4 Å². The maximum atomic E-state index is 13.3. The Morgan fingerprint density at radius 1 is 1.50 bits per heavy atom. The number of nitrogens with zero attached hydrogens (tertiary/aromatic N) is 2. The van der Waals surface area contributed by atoms with Crippen LogP contribution in [0.5, 0.6) is 5.75 Å². The monoisotopic (exact) mass is 279 g/mol. The molecule has 0 spiro atoms. The van der Waals surface area contributed by atoms with Crippen LogP contribution < -0.4 is 5.32 Å². The minimum Gasteiger partial charge on any atom is -0.505 e. The van der Waals surface area contributed by atoms with E-state index in [1.165, 1.54) is 18.2 Å². The number of phenols is 1. The highest BCUT2D eigenvalue weighted by atomic mass is 19.1. The lowest BCUT2D eigenvalue weighted by Gasteiger charge is -2.04. The molecule has 0 radical (unpaired) electrons. The number of aromatic nitrogens is 2. The molecule has 0 aliphatic carbocycles. The average Bonchev–Trinajstić information content (AvgIpc) is 3.09. The zero-order valence-electron chi connectivity index (χ0n) is 10.8. The van der Waals surface area contributed by atoms with E-state index in [2.05, 4.69) is 15.5 Å². The van der Waals surface area contributed by atoms with Crippen molar-refractivity contribution in [2.45, 2.75) is 18.6 Å². The molecule has 0 amide bonds. The van der Waals surface area contributed by atoms with E-state index in [0.29, 0.717) is 17.3 Å². The number of nitrogens with one attached hydrogen (secondary N) is 1. The van der Waals surface area contributed by atoms with Crippen LogP contribution in [0.25, 0.3) is 11.4 Å². The Balaban J connectivity index is 1.81. The van der Waals surface area contributed by atoms with Gasteiger partial charge in [-0.05, 0) is 24.6 Å². The third kappa shape index (κ3) is 2.37. The molecule has 3 rings (SSSR count). The van der Waals surface area contributed by atoms with Gasteiger partial charge in [0.25, 0.3) is 0 Å². The van der Waals surface area contributed by atoms with Gasteiger partial charge < -0.3 is 19.7 Å². The summed E-state index contributed by atoms with van der Waals surface area (Å²) in [6.07, 6.45) is 0.878. The van der Waals surface area contributed by atoms with E-state index in [0.717, 1.165) is 13.0 Å². The third-order valence-electron chi connectivity index (χ3n) is 3.37. The van der Waals surface area contributed by atoms with Crippen molar-refractivity contribution in [3.05, 3.63) is 29.9 Å². The van der Waals surface area contributed by atoms with Crippen molar-refractivity contribution in [3.8, 4) is 17.1 Å². The highest BCUT2D eigenvalue weighted by Crippen LogP contribution is 2.27. The Kier molecular flexibility index (Phi) is 3.37. The minimum atomic E-state index is -0.715. The molecular weight excluding hydrogens is 265 g/mol. The molecule has 0 unspecified atom stereocenters. The van der Waals surface area contributed by atoms with E-state index in [1.807, 2.05) is 0 Å². The number of hydrogen-bond donors (Lipinski definition) is 2. The van der Waals surface area contributed by atoms with Crippen molar-refractivity contribution in [1.82, 2.24) is 15.5 Å². The molecule has 1 aromatic heterocycles. The van der Waals surface area contributed by atoms with E-state index < -0.39 is 11.6 Å². The Morgan fingerprint density at radius 3 is 3.05 bits per heavy atom. The van der Waals surface area contributed by atoms with Crippen LogP contribution >= 0.6 is 0 Å². The minimum absolute atomic E-state index is 0.0526. The van der Waals surface area contributed by atoms with E-state index >= 15 is 0 Å². The van der Waals surface area contributed by atoms with Gasteiger partial charge in [-0.15, -0.1) is 0 Å². The van der Waals surface area contributed by atoms with E-state index in [9.17, 15) is 4.39 Å². The van der Waals surface area contributed by atoms with Crippen LogP contribution in [-0.2, 0) is 4.74 Å². The number of halogens is 1. The lowest BCUT2D eigenvalue weighted by atomic mass is 10.2. The summed E-state index contributed by atoms with van der Waals surface area (Å²) in [6.45, 7) is 0.729. The summed E-state index contributed by atoms with van der Waals surface area (Å²) in [5.41, 5.74) is 0.455. The first kappa shape index (κ1) is 13.0. The summed E-state index contributed by atoms with van der Waals surface area (Å²) in [7, 11) is 1.66. The van der Waals surface area contributed by atoms with Gasteiger partial charge in [0.2, 0.25) is 11.7 Å². The first-order valence-corrected chi connectivity index (χ1v) is 6.26. The van der Waals surface area contributed by atoms with Crippen LogP contribution in [0.4, 0.5) is 4.39 Å². The first-order valence-electron chi connectivity index (χ1n) is 6.26. The van der Waals surface area contributed by atoms with Gasteiger partial charge in [0, 0.05) is 19.2 Å². The summed E-state index contributed by atoms with van der Waals surface area (Å²) in [6, 6.07) is 3.91. The summed E-state index contributed by atoms with van der Waals surface area (Å²) in [4.78, 5) is 4.26. The standard InChI is InChI=1S/C13H14FN3O3/c1-19-8-5-10(15-6-8)13-16-12(17-20-13)7-2-3-11(18)9(14)4-7/h2-4,8,10,15,18H,5-6H2,1H3/t8-,10+/m0/s1. The quantitative estimate of drug-likeness (QED) is 0.889. The number of ether oxygens (including phenoxy) is 1. The number of hydrogen-bond acceptors (Lipinski definition) is 6. The van der Waals surface area contributed by atoms with Gasteiger partial charge in [0.05, 0.1) is 12.1 Å². The average molecular weight is 279 g/mol. The van der Waals surface area contributed by atoms with Gasteiger partial charge in [0.1, 0.15) is 0 Å². The van der Waals surface area contributed by atoms with Crippen LogP contribution in [0.2, 0.25) is 0 Å². The van der Waals surface area contributed by atoms with Crippen molar-refractivity contribution in [1.29, 1.82) is 0 Å². The number of aromatic hydroxyl groups is 1. The van der Waals surface area contributed by atoms with Gasteiger partial charge in [-0.25, -0.2) is 4.39 Å². The van der Waals surface area contributed by atoms with Crippen molar-refractivity contribution in [2.24, 2.45) is 0 Å². The molecule has 2 heterocycles. The van der Waals surface area contributed by atoms with Gasteiger partial charge >= 0.3 is 0 Å². The first-order chi connectivity index (χ1) is 9.67. The van der Waals surface area contributed by atoms with Crippen LogP contribution in [0, 0.1) is 5.82 Å². The second kappa shape index (κ2) is 5.18. The number of benzene rings is 1. The molecule has 1 aliphatic heterocycles. The van der Waals surface area contributed by atoms with E-state index in [4.69, 9.17) is 14.4 Å². The molecule has 6 nitrogen and oxygen atoms in total. The fourth-order valence-corrected chi connectivity index (χ4v) is 2.21. The van der Waals surface area contributed by atoms with Crippen molar-refractivity contribution >= 4 is 0 Å². The molecule has 2 N–H and O–H groups in total. The van der Waals surface area contributed by atoms with E-state index in [-0.39, 0.29) is 12.1 Å². The van der Waals surface area contributed by atoms with Crippen molar-refractivity contribution in [3.63, 3.8) is 0 Å². The fourth-order valence-electron chi connectivity index (χ4n) is 2.21. The Morgan fingerprint density at radius 2 is 2.35 bits per heavy atom. The summed E-state index contributed by atoms with van der Waals surface area (Å²) in [5.74, 6) is -0.375. The second-order valence-electron chi connectivity index (χ2n) is 4.68. The SMILES string of the molecule is CO[C@@H]1CN[C@@H](c2nc(-c3ccc(O)c(F)c3)no2)C1. The van der Waals surface area contributed by atoms with Gasteiger partial charge in [0.15, 0.2) is 11.6 Å². The smallest absolute Gasteiger partial charge is 0.244 e. The van der Waals surface area contributed by atoms with Gasteiger partial charge in [-0.3, -0.25) is 0 Å². The number of phenolic OH excluding ortho intramolecular Hbond substituents is 1. The Hall–Kier alpha value is -1.99. The normalized spacial score (nSPS) is 22.3. The Labute approximate surface area is 114 Å². The molecule has 2 atom stereocenters. The summed E-state index contributed by atoms with van der Waals surface area (Å²) >= 11 is 0. The predicted octanol–water partition coefficient (Wildman–Crippen LogP) is 1.63. The third-order valence-corrected chi connectivity index (χ3v) is 3.37. The van der Waals surface area contributed by atoms with E-state index in [1.54, 1.807) is 7.11 Å². The van der Waals surface area contributed by atoms with Crippen LogP contribution in [0.3, 0.4) is 0 Å². The number of rotatable bonds is 3. The lowest BCUT2D eigenvalue weighted by Crippen LogP contribution is -2.16. The largest absolute Gasteiger partial charge is 0.505 e. The maximum Gasteiger partial charge on any atom is 0.244 e. The zero-order chi connectivity index (χ0) is 14.1. The molecule has 0 bridgehead atoms. The maximum absolute atomic E-state index is 13.3. The zero-order valence-corrected chi connectivity index (χ0v) is 10.8. The fraction of sp³-hybridized carbons (Fsp3) is 0.385. The summed E-state index contributed by atoms with van der Waals surface area (Å²) < 4.78 is 23.8. The molecule has 0 saturated carbocycles. The molecule has 20 heavy (non-hydrogen) atoms. The predicted molar refractivity (Wildman–Crippen MR) is 67.5 cm³/mol. The molecule has 1 aromatic carbocycles. The molecule has 1 fully saturated rings. The summed E-state index contributed by atoms with van der Waals surface area (Å²) in [5, 5.41) is 16.2. The van der Waals surface area contributed by atoms with Crippen molar-refractivity contribution < 1.29 is 18.8 Å². The highest BCUT2D eigenvalue weighted by molar-refractivity contribution is 5.55. The molecule has 106 valence electrons. The molecule has 7 heteroatoms. The number of methoxy groups -OCH3 is 1. The van der Waals surface area contributed by atoms with Crippen molar-refractivity contribution in [2.75, 3.05) is 13.7 Å². The second-order valence-corrected chi connectivity index (χ2v) is 4.68. The molecule has 2 aromatic rings. The van der Waals surface area contributed by atoms with Crippen LogP contribution in [-0.4, -0.2) is 35.0 Å². The molecule has 1 aliphatic rings. The highest BCUT2D eigenvalue weighted by Gasteiger charge is 2.29. The van der Waals surface area contributed by atoms with Crippen LogP contribution in [0.15, 0.2) is 22.7 Å².